The number of carbonyl (C=O) groups is 1. The zero-order valence-electron chi connectivity index (χ0n) is 16.8. The van der Waals surface area contributed by atoms with Crippen molar-refractivity contribution in [3.05, 3.63) is 45.8 Å². The molecule has 1 aromatic carbocycles. The molecule has 0 aliphatic heterocycles. The minimum atomic E-state index is -0.436. The van der Waals surface area contributed by atoms with Gasteiger partial charge in [0, 0.05) is 49.4 Å². The maximum Gasteiger partial charge on any atom is 0.343 e. The highest BCUT2D eigenvalue weighted by Gasteiger charge is 2.11. The summed E-state index contributed by atoms with van der Waals surface area (Å²) in [5.41, 5.74) is 2.37. The molecule has 0 spiro atoms. The second-order valence-corrected chi connectivity index (χ2v) is 6.71. The van der Waals surface area contributed by atoms with Gasteiger partial charge in [-0.3, -0.25) is 4.79 Å². The van der Waals surface area contributed by atoms with Crippen LogP contribution >= 0.6 is 0 Å². The molecule has 0 fully saturated rings. The largest absolute Gasteiger partial charge is 0.422 e. The summed E-state index contributed by atoms with van der Waals surface area (Å²) in [6, 6.07) is 5.90. The van der Waals surface area contributed by atoms with Gasteiger partial charge in [0.15, 0.2) is 0 Å². The van der Waals surface area contributed by atoms with Crippen LogP contribution in [0.2, 0.25) is 0 Å². The lowest BCUT2D eigenvalue weighted by molar-refractivity contribution is -0.116. The molecule has 0 atom stereocenters. The first-order chi connectivity index (χ1) is 12.9. The quantitative estimate of drug-likeness (QED) is 0.571. The third-order valence-corrected chi connectivity index (χ3v) is 4.58. The Balaban J connectivity index is 2.28. The average molecular weight is 371 g/mol. The first-order valence-electron chi connectivity index (χ1n) is 9.30. The molecule has 0 saturated carbocycles. The molecular formula is C21H29N3O3. The molecule has 0 aliphatic rings. The van der Waals surface area contributed by atoms with E-state index in [4.69, 9.17) is 4.42 Å². The first-order valence-corrected chi connectivity index (χ1v) is 9.30. The van der Waals surface area contributed by atoms with Gasteiger partial charge in [-0.25, -0.2) is 4.79 Å². The van der Waals surface area contributed by atoms with Crippen LogP contribution in [0.1, 0.15) is 25.0 Å². The molecule has 0 unspecified atom stereocenters. The molecular weight excluding hydrogens is 342 g/mol. The van der Waals surface area contributed by atoms with Crippen LogP contribution in [-0.2, 0) is 4.79 Å². The SMILES string of the molecule is CCN(CC)c1ccc2c(C)c(/C=C/C(=O)NCCN(C)C)c(=O)oc2c1. The van der Waals surface area contributed by atoms with Crippen molar-refractivity contribution in [3.8, 4) is 0 Å². The molecule has 0 bridgehead atoms. The van der Waals surface area contributed by atoms with Gasteiger partial charge in [-0.1, -0.05) is 0 Å². The fourth-order valence-electron chi connectivity index (χ4n) is 2.96. The summed E-state index contributed by atoms with van der Waals surface area (Å²) >= 11 is 0. The Kier molecular flexibility index (Phi) is 7.19. The Morgan fingerprint density at radius 1 is 1.22 bits per heavy atom. The fraction of sp³-hybridized carbons (Fsp3) is 0.429. The van der Waals surface area contributed by atoms with E-state index >= 15 is 0 Å². The number of amides is 1. The molecule has 0 radical (unpaired) electrons. The lowest BCUT2D eigenvalue weighted by Crippen LogP contribution is -2.30. The maximum atomic E-state index is 12.4. The van der Waals surface area contributed by atoms with E-state index < -0.39 is 5.63 Å². The zero-order valence-corrected chi connectivity index (χ0v) is 16.8. The molecule has 0 aliphatic carbocycles. The number of fused-ring (bicyclic) bond motifs is 1. The summed E-state index contributed by atoms with van der Waals surface area (Å²) in [7, 11) is 3.88. The molecule has 0 saturated heterocycles. The number of hydrogen-bond donors (Lipinski definition) is 1. The number of carbonyl (C=O) groups excluding carboxylic acids is 1. The number of rotatable bonds is 8. The Hall–Kier alpha value is -2.60. The van der Waals surface area contributed by atoms with Gasteiger partial charge in [0.1, 0.15) is 5.58 Å². The highest BCUT2D eigenvalue weighted by Crippen LogP contribution is 2.25. The van der Waals surface area contributed by atoms with E-state index in [-0.39, 0.29) is 5.91 Å². The van der Waals surface area contributed by atoms with Crippen LogP contribution in [0.4, 0.5) is 5.69 Å². The highest BCUT2D eigenvalue weighted by atomic mass is 16.4. The van der Waals surface area contributed by atoms with Gasteiger partial charge in [-0.15, -0.1) is 0 Å². The van der Waals surface area contributed by atoms with Crippen molar-refractivity contribution in [2.24, 2.45) is 0 Å². The summed E-state index contributed by atoms with van der Waals surface area (Å²) in [4.78, 5) is 28.5. The first kappa shape index (κ1) is 20.7. The maximum absolute atomic E-state index is 12.4. The van der Waals surface area contributed by atoms with Crippen molar-refractivity contribution in [1.29, 1.82) is 0 Å². The van der Waals surface area contributed by atoms with Crippen LogP contribution in [0.5, 0.6) is 0 Å². The Bertz CT molecular complexity index is 880. The summed E-state index contributed by atoms with van der Waals surface area (Å²) < 4.78 is 5.53. The lowest BCUT2D eigenvalue weighted by atomic mass is 10.0. The van der Waals surface area contributed by atoms with Crippen molar-refractivity contribution in [3.63, 3.8) is 0 Å². The minimum absolute atomic E-state index is 0.229. The van der Waals surface area contributed by atoms with E-state index in [0.29, 0.717) is 17.7 Å². The van der Waals surface area contributed by atoms with E-state index in [9.17, 15) is 9.59 Å². The van der Waals surface area contributed by atoms with Crippen molar-refractivity contribution in [2.45, 2.75) is 20.8 Å². The van der Waals surface area contributed by atoms with Gasteiger partial charge in [-0.2, -0.15) is 0 Å². The second kappa shape index (κ2) is 9.37. The molecule has 6 heteroatoms. The Morgan fingerprint density at radius 2 is 1.93 bits per heavy atom. The molecule has 27 heavy (non-hydrogen) atoms. The van der Waals surface area contributed by atoms with Gasteiger partial charge in [0.2, 0.25) is 5.91 Å². The van der Waals surface area contributed by atoms with Gasteiger partial charge in [0.25, 0.3) is 0 Å². The van der Waals surface area contributed by atoms with E-state index in [1.54, 1.807) is 0 Å². The number of benzene rings is 1. The molecule has 1 N–H and O–H groups in total. The Labute approximate surface area is 160 Å². The van der Waals surface area contributed by atoms with E-state index in [1.165, 1.54) is 12.2 Å². The smallest absolute Gasteiger partial charge is 0.343 e. The molecule has 146 valence electrons. The lowest BCUT2D eigenvalue weighted by Gasteiger charge is -2.21. The number of nitrogens with zero attached hydrogens (tertiary/aromatic N) is 2. The van der Waals surface area contributed by atoms with Crippen molar-refractivity contribution in [2.75, 3.05) is 45.2 Å². The topological polar surface area (TPSA) is 65.8 Å². The number of hydrogen-bond acceptors (Lipinski definition) is 5. The molecule has 1 aromatic heterocycles. The number of anilines is 1. The van der Waals surface area contributed by atoms with Crippen molar-refractivity contribution in [1.82, 2.24) is 10.2 Å². The molecule has 1 amide bonds. The third kappa shape index (κ3) is 5.20. The monoisotopic (exact) mass is 371 g/mol. The van der Waals surface area contributed by atoms with Gasteiger partial charge in [0.05, 0.1) is 5.56 Å². The highest BCUT2D eigenvalue weighted by molar-refractivity contribution is 5.93. The number of aryl methyl sites for hydroxylation is 1. The van der Waals surface area contributed by atoms with E-state index in [0.717, 1.165) is 36.3 Å². The van der Waals surface area contributed by atoms with Crippen LogP contribution in [0.3, 0.4) is 0 Å². The standard InChI is InChI=1S/C21H29N3O3/c1-6-24(7-2)16-8-9-17-15(3)18(21(26)27-19(17)14-16)10-11-20(25)22-12-13-23(4)5/h8-11,14H,6-7,12-13H2,1-5H3,(H,22,25)/b11-10+. The molecule has 2 aromatic rings. The molecule has 2 rings (SSSR count). The fourth-order valence-corrected chi connectivity index (χ4v) is 2.96. The van der Waals surface area contributed by atoms with Gasteiger partial charge < -0.3 is 19.5 Å². The van der Waals surface area contributed by atoms with E-state index in [1.807, 2.05) is 44.1 Å². The summed E-state index contributed by atoms with van der Waals surface area (Å²) in [6.07, 6.45) is 2.91. The summed E-state index contributed by atoms with van der Waals surface area (Å²) in [6.45, 7) is 9.13. The van der Waals surface area contributed by atoms with Crippen LogP contribution in [0.25, 0.3) is 17.0 Å². The summed E-state index contributed by atoms with van der Waals surface area (Å²) in [5, 5.41) is 3.66. The van der Waals surface area contributed by atoms with Crippen LogP contribution < -0.4 is 15.8 Å². The normalized spacial score (nSPS) is 11.5. The minimum Gasteiger partial charge on any atom is -0.422 e. The van der Waals surface area contributed by atoms with Crippen molar-refractivity contribution < 1.29 is 9.21 Å². The summed E-state index contributed by atoms with van der Waals surface area (Å²) in [5.74, 6) is -0.229. The third-order valence-electron chi connectivity index (χ3n) is 4.58. The number of nitrogens with one attached hydrogen (secondary N) is 1. The molecule has 1 heterocycles. The molecule has 6 nitrogen and oxygen atoms in total. The van der Waals surface area contributed by atoms with E-state index in [2.05, 4.69) is 24.1 Å². The van der Waals surface area contributed by atoms with Crippen LogP contribution in [0, 0.1) is 6.92 Å². The Morgan fingerprint density at radius 3 is 2.56 bits per heavy atom. The predicted octanol–water partition coefficient (Wildman–Crippen LogP) is 2.64. The predicted molar refractivity (Wildman–Crippen MR) is 111 cm³/mol. The van der Waals surface area contributed by atoms with Gasteiger partial charge in [-0.05, 0) is 58.6 Å². The van der Waals surface area contributed by atoms with Crippen molar-refractivity contribution >= 4 is 28.6 Å². The van der Waals surface area contributed by atoms with Crippen LogP contribution in [-0.4, -0.2) is 51.1 Å². The van der Waals surface area contributed by atoms with Crippen LogP contribution in [0.15, 0.2) is 33.5 Å². The zero-order chi connectivity index (χ0) is 20.0. The van der Waals surface area contributed by atoms with Gasteiger partial charge >= 0.3 is 5.63 Å². The number of likely N-dealkylation sites (N-methyl/N-ethyl adjacent to an activating group) is 1. The second-order valence-electron chi connectivity index (χ2n) is 6.71. The average Bonchev–Trinajstić information content (AvgIpc) is 2.62.